The summed E-state index contributed by atoms with van der Waals surface area (Å²) >= 11 is 1.18. The number of halogens is 2. The minimum Gasteiger partial charge on any atom is -0.326 e. The van der Waals surface area contributed by atoms with Crippen molar-refractivity contribution >= 4 is 40.1 Å². The van der Waals surface area contributed by atoms with Gasteiger partial charge >= 0.3 is 0 Å². The van der Waals surface area contributed by atoms with Crippen LogP contribution < -0.4 is 5.32 Å². The van der Waals surface area contributed by atoms with Crippen molar-refractivity contribution in [2.45, 2.75) is 31.1 Å². The van der Waals surface area contributed by atoms with Crippen LogP contribution in [-0.2, 0) is 9.59 Å². The molecule has 0 saturated carbocycles. The average Bonchev–Trinajstić information content (AvgIpc) is 3.46. The molecular formula is C27H22F2N4O2S. The van der Waals surface area contributed by atoms with E-state index < -0.39 is 28.7 Å². The molecule has 2 amide bonds. The maximum atomic E-state index is 13.5. The highest BCUT2D eigenvalue weighted by Gasteiger charge is 2.39. The first-order valence-corrected chi connectivity index (χ1v) is 12.3. The molecule has 36 heavy (non-hydrogen) atoms. The highest BCUT2D eigenvalue weighted by molar-refractivity contribution is 8.15. The highest BCUT2D eigenvalue weighted by atomic mass is 32.2. The van der Waals surface area contributed by atoms with Crippen LogP contribution >= 0.6 is 11.8 Å². The summed E-state index contributed by atoms with van der Waals surface area (Å²) in [4.78, 5) is 29.4. The van der Waals surface area contributed by atoms with Gasteiger partial charge in [0.05, 0.1) is 11.8 Å². The Balaban J connectivity index is 1.33. The summed E-state index contributed by atoms with van der Waals surface area (Å²) in [7, 11) is 0. The number of nitrogens with one attached hydrogen (secondary N) is 1. The maximum absolute atomic E-state index is 13.5. The zero-order valence-electron chi connectivity index (χ0n) is 19.3. The minimum atomic E-state index is -1.06. The van der Waals surface area contributed by atoms with Gasteiger partial charge in [-0.2, -0.15) is 10.1 Å². The molecule has 0 aromatic heterocycles. The van der Waals surface area contributed by atoms with Crippen LogP contribution in [0.25, 0.3) is 0 Å². The van der Waals surface area contributed by atoms with E-state index in [0.29, 0.717) is 11.6 Å². The number of amidine groups is 1. The third-order valence-corrected chi connectivity index (χ3v) is 7.12. The molecular weight excluding hydrogens is 482 g/mol. The van der Waals surface area contributed by atoms with E-state index in [-0.39, 0.29) is 18.2 Å². The van der Waals surface area contributed by atoms with Crippen LogP contribution in [0.15, 0.2) is 82.9 Å². The minimum absolute atomic E-state index is 0.117. The summed E-state index contributed by atoms with van der Waals surface area (Å²) in [6, 6.07) is 21.0. The Morgan fingerprint density at radius 2 is 1.81 bits per heavy atom. The fourth-order valence-electron chi connectivity index (χ4n) is 4.10. The van der Waals surface area contributed by atoms with Gasteiger partial charge in [0, 0.05) is 24.6 Å². The number of rotatable bonds is 5. The molecule has 0 saturated heterocycles. The predicted molar refractivity (Wildman–Crippen MR) is 137 cm³/mol. The molecule has 2 atom stereocenters. The lowest BCUT2D eigenvalue weighted by molar-refractivity contribution is -0.121. The molecule has 0 spiro atoms. The number of hydrogen-bond donors (Lipinski definition) is 1. The van der Waals surface area contributed by atoms with E-state index in [1.807, 2.05) is 61.5 Å². The van der Waals surface area contributed by atoms with Crippen molar-refractivity contribution in [3.8, 4) is 0 Å². The number of anilines is 1. The SMILES string of the molecule is Cc1ccc([C@H]2CC(c3ccccc3)=NN2C2=NC(=O)[C@H](CC(=O)Nc3ccc(F)c(F)c3)S2)cc1. The lowest BCUT2D eigenvalue weighted by atomic mass is 9.98. The molecule has 3 aromatic rings. The summed E-state index contributed by atoms with van der Waals surface area (Å²) in [5.41, 5.74) is 4.19. The molecule has 0 unspecified atom stereocenters. The average molecular weight is 505 g/mol. The fourth-order valence-corrected chi connectivity index (χ4v) is 5.16. The van der Waals surface area contributed by atoms with Crippen LogP contribution in [0.2, 0.25) is 0 Å². The van der Waals surface area contributed by atoms with Crippen molar-refractivity contribution in [1.29, 1.82) is 0 Å². The summed E-state index contributed by atoms with van der Waals surface area (Å²) in [5, 5.41) is 8.79. The van der Waals surface area contributed by atoms with E-state index in [1.54, 1.807) is 5.01 Å². The third kappa shape index (κ3) is 5.06. The molecule has 1 N–H and O–H groups in total. The van der Waals surface area contributed by atoms with Gasteiger partial charge in [-0.3, -0.25) is 9.59 Å². The van der Waals surface area contributed by atoms with Gasteiger partial charge in [0.1, 0.15) is 5.25 Å². The van der Waals surface area contributed by atoms with E-state index in [9.17, 15) is 18.4 Å². The summed E-state index contributed by atoms with van der Waals surface area (Å²) in [5.74, 6) is -2.99. The fraction of sp³-hybridized carbons (Fsp3) is 0.185. The number of nitrogens with zero attached hydrogens (tertiary/aromatic N) is 3. The van der Waals surface area contributed by atoms with Crippen LogP contribution in [0.4, 0.5) is 14.5 Å². The van der Waals surface area contributed by atoms with E-state index >= 15 is 0 Å². The van der Waals surface area contributed by atoms with Gasteiger partial charge in [0.2, 0.25) is 5.91 Å². The van der Waals surface area contributed by atoms with Crippen LogP contribution in [0.1, 0.15) is 35.6 Å². The standard InChI is InChI=1S/C27H22F2N4O2S/c1-16-7-9-18(10-8-16)23-14-22(17-5-3-2-4-6-17)32-33(23)27-31-26(35)24(36-27)15-25(34)30-19-11-12-20(28)21(29)13-19/h2-13,23-24H,14-15H2,1H3,(H,30,34)/t23-,24+/m1/s1. The molecule has 3 aromatic carbocycles. The van der Waals surface area contributed by atoms with Crippen molar-refractivity contribution in [2.24, 2.45) is 10.1 Å². The Hall–Kier alpha value is -3.85. The molecule has 0 fully saturated rings. The van der Waals surface area contributed by atoms with Gasteiger partial charge in [-0.05, 0) is 30.2 Å². The number of aliphatic imine (C=N–C) groups is 1. The number of carbonyl (C=O) groups excluding carboxylic acids is 2. The van der Waals surface area contributed by atoms with Crippen LogP contribution in [0.3, 0.4) is 0 Å². The Morgan fingerprint density at radius 1 is 1.06 bits per heavy atom. The van der Waals surface area contributed by atoms with Crippen molar-refractivity contribution < 1.29 is 18.4 Å². The van der Waals surface area contributed by atoms with Crippen molar-refractivity contribution in [3.63, 3.8) is 0 Å². The number of thioether (sulfide) groups is 1. The molecule has 182 valence electrons. The molecule has 0 radical (unpaired) electrons. The number of amides is 2. The molecule has 2 aliphatic rings. The van der Waals surface area contributed by atoms with Gasteiger partial charge in [0.25, 0.3) is 5.91 Å². The number of hydrazone groups is 1. The molecule has 5 rings (SSSR count). The predicted octanol–water partition coefficient (Wildman–Crippen LogP) is 5.45. The quantitative estimate of drug-likeness (QED) is 0.501. The topological polar surface area (TPSA) is 74.1 Å². The van der Waals surface area contributed by atoms with Gasteiger partial charge < -0.3 is 5.32 Å². The maximum Gasteiger partial charge on any atom is 0.262 e. The zero-order chi connectivity index (χ0) is 25.2. The van der Waals surface area contributed by atoms with Crippen LogP contribution in [0.5, 0.6) is 0 Å². The first-order valence-electron chi connectivity index (χ1n) is 11.4. The first kappa shape index (κ1) is 23.9. The van der Waals surface area contributed by atoms with Crippen molar-refractivity contribution in [1.82, 2.24) is 5.01 Å². The lowest BCUT2D eigenvalue weighted by Crippen LogP contribution is -2.25. The Bertz CT molecular complexity index is 1380. The largest absolute Gasteiger partial charge is 0.326 e. The lowest BCUT2D eigenvalue weighted by Gasteiger charge is -2.23. The molecule has 2 aliphatic heterocycles. The van der Waals surface area contributed by atoms with E-state index in [1.165, 1.54) is 17.8 Å². The van der Waals surface area contributed by atoms with Gasteiger partial charge in [0.15, 0.2) is 16.8 Å². The third-order valence-electron chi connectivity index (χ3n) is 5.98. The molecule has 9 heteroatoms. The number of benzene rings is 3. The first-order chi connectivity index (χ1) is 17.4. The van der Waals surface area contributed by atoms with Crippen molar-refractivity contribution in [3.05, 3.63) is 101 Å². The molecule has 0 aliphatic carbocycles. The summed E-state index contributed by atoms with van der Waals surface area (Å²) in [6.45, 7) is 2.02. The van der Waals surface area contributed by atoms with Gasteiger partial charge in [-0.15, -0.1) is 0 Å². The van der Waals surface area contributed by atoms with Crippen molar-refractivity contribution in [2.75, 3.05) is 5.32 Å². The number of aryl methyl sites for hydroxylation is 1. The molecule has 2 heterocycles. The van der Waals surface area contributed by atoms with E-state index in [4.69, 9.17) is 5.10 Å². The van der Waals surface area contributed by atoms with Gasteiger partial charge in [-0.1, -0.05) is 71.9 Å². The Labute approximate surface area is 211 Å². The van der Waals surface area contributed by atoms with Crippen LogP contribution in [-0.4, -0.2) is 33.0 Å². The monoisotopic (exact) mass is 504 g/mol. The normalized spacial score (nSPS) is 19.3. The number of hydrogen-bond acceptors (Lipinski definition) is 5. The second-order valence-electron chi connectivity index (χ2n) is 8.61. The van der Waals surface area contributed by atoms with Gasteiger partial charge in [-0.25, -0.2) is 13.8 Å². The molecule has 6 nitrogen and oxygen atoms in total. The van der Waals surface area contributed by atoms with Crippen LogP contribution in [0, 0.1) is 18.6 Å². The smallest absolute Gasteiger partial charge is 0.262 e. The second kappa shape index (κ2) is 10.0. The number of carbonyl (C=O) groups is 2. The Morgan fingerprint density at radius 3 is 2.53 bits per heavy atom. The molecule has 0 bridgehead atoms. The van der Waals surface area contributed by atoms with E-state index in [2.05, 4.69) is 10.3 Å². The summed E-state index contributed by atoms with van der Waals surface area (Å²) in [6.07, 6.45) is 0.482. The van der Waals surface area contributed by atoms with E-state index in [0.717, 1.165) is 34.5 Å². The zero-order valence-corrected chi connectivity index (χ0v) is 20.1. The second-order valence-corrected chi connectivity index (χ2v) is 9.78. The highest BCUT2D eigenvalue weighted by Crippen LogP contribution is 2.38. The Kier molecular flexibility index (Phi) is 6.65. The summed E-state index contributed by atoms with van der Waals surface area (Å²) < 4.78 is 26.6.